The van der Waals surface area contributed by atoms with E-state index in [4.69, 9.17) is 28.2 Å². The highest BCUT2D eigenvalue weighted by atomic mass is 35.5. The molecule has 1 aromatic carbocycles. The molecule has 0 saturated heterocycles. The Morgan fingerprint density at radius 3 is 2.25 bits per heavy atom. The minimum Gasteiger partial charge on any atom is -0.357 e. The van der Waals surface area contributed by atoms with E-state index in [0.717, 1.165) is 30.8 Å². The zero-order valence-corrected chi connectivity index (χ0v) is 19.5. The summed E-state index contributed by atoms with van der Waals surface area (Å²) in [6.07, 6.45) is 10.4. The van der Waals surface area contributed by atoms with Crippen molar-refractivity contribution in [1.29, 1.82) is 0 Å². The van der Waals surface area contributed by atoms with Crippen LogP contribution in [-0.4, -0.2) is 18.1 Å². The van der Waals surface area contributed by atoms with Gasteiger partial charge in [0.25, 0.3) is 0 Å². The smallest absolute Gasteiger partial charge is 0.129 e. The maximum absolute atomic E-state index is 6.58. The summed E-state index contributed by atoms with van der Waals surface area (Å²) in [5, 5.41) is 2.36. The SMILES string of the molecule is CC.CCCN(CC)c1cc(C2CCCCCCC2)c2ccc(Cl)c(Cl)c2n1. The number of anilines is 1. The van der Waals surface area contributed by atoms with Crippen LogP contribution in [0, 0.1) is 0 Å². The van der Waals surface area contributed by atoms with Gasteiger partial charge in [0.2, 0.25) is 0 Å². The van der Waals surface area contributed by atoms with E-state index in [1.165, 1.54) is 55.9 Å². The quantitative estimate of drug-likeness (QED) is 0.478. The number of halogens is 2. The largest absolute Gasteiger partial charge is 0.357 e. The van der Waals surface area contributed by atoms with Crippen LogP contribution < -0.4 is 4.90 Å². The number of hydrogen-bond acceptors (Lipinski definition) is 2. The molecule has 0 unspecified atom stereocenters. The van der Waals surface area contributed by atoms with Crippen molar-refractivity contribution in [3.8, 4) is 0 Å². The lowest BCUT2D eigenvalue weighted by Crippen LogP contribution is -2.24. The van der Waals surface area contributed by atoms with Crippen molar-refractivity contribution in [3.63, 3.8) is 0 Å². The average molecular weight is 423 g/mol. The molecule has 0 amide bonds. The number of fused-ring (bicyclic) bond motifs is 1. The first kappa shape index (κ1) is 23.3. The molecule has 28 heavy (non-hydrogen) atoms. The van der Waals surface area contributed by atoms with Gasteiger partial charge in [-0.3, -0.25) is 0 Å². The van der Waals surface area contributed by atoms with Gasteiger partial charge < -0.3 is 4.90 Å². The predicted octanol–water partition coefficient (Wildman–Crippen LogP) is 8.63. The molecule has 3 rings (SSSR count). The number of nitrogens with zero attached hydrogens (tertiary/aromatic N) is 2. The summed E-state index contributed by atoms with van der Waals surface area (Å²) in [4.78, 5) is 7.28. The van der Waals surface area contributed by atoms with Gasteiger partial charge in [-0.05, 0) is 49.8 Å². The van der Waals surface area contributed by atoms with Gasteiger partial charge in [-0.2, -0.15) is 0 Å². The second-order valence-corrected chi connectivity index (χ2v) is 8.23. The summed E-state index contributed by atoms with van der Waals surface area (Å²) < 4.78 is 0. The van der Waals surface area contributed by atoms with Crippen LogP contribution in [0.2, 0.25) is 10.0 Å². The topological polar surface area (TPSA) is 16.1 Å². The van der Waals surface area contributed by atoms with Crippen LogP contribution in [0.1, 0.15) is 90.5 Å². The van der Waals surface area contributed by atoms with E-state index >= 15 is 0 Å². The second kappa shape index (κ2) is 11.9. The van der Waals surface area contributed by atoms with E-state index in [2.05, 4.69) is 30.9 Å². The van der Waals surface area contributed by atoms with E-state index in [1.54, 1.807) is 0 Å². The lowest BCUT2D eigenvalue weighted by Gasteiger charge is -2.26. The van der Waals surface area contributed by atoms with Crippen LogP contribution in [0.5, 0.6) is 0 Å². The second-order valence-electron chi connectivity index (χ2n) is 7.45. The Labute approximate surface area is 181 Å². The Morgan fingerprint density at radius 1 is 1.00 bits per heavy atom. The number of benzene rings is 1. The van der Waals surface area contributed by atoms with E-state index in [-0.39, 0.29) is 0 Å². The van der Waals surface area contributed by atoms with Crippen LogP contribution in [0.3, 0.4) is 0 Å². The summed E-state index contributed by atoms with van der Waals surface area (Å²) in [6.45, 7) is 10.4. The predicted molar refractivity (Wildman–Crippen MR) is 126 cm³/mol. The van der Waals surface area contributed by atoms with Crippen molar-refractivity contribution in [2.45, 2.75) is 85.0 Å². The third-order valence-electron chi connectivity index (χ3n) is 5.64. The van der Waals surface area contributed by atoms with Gasteiger partial charge in [-0.15, -0.1) is 0 Å². The molecular weight excluding hydrogens is 387 g/mol. The maximum atomic E-state index is 6.58. The molecule has 0 aliphatic heterocycles. The Balaban J connectivity index is 0.00000136. The van der Waals surface area contributed by atoms with Crippen molar-refractivity contribution in [3.05, 3.63) is 33.8 Å². The van der Waals surface area contributed by atoms with E-state index in [0.29, 0.717) is 16.0 Å². The number of pyridine rings is 1. The van der Waals surface area contributed by atoms with Gasteiger partial charge in [0.15, 0.2) is 0 Å². The third-order valence-corrected chi connectivity index (χ3v) is 6.43. The van der Waals surface area contributed by atoms with Crippen molar-refractivity contribution in [2.75, 3.05) is 18.0 Å². The zero-order chi connectivity index (χ0) is 20.5. The Hall–Kier alpha value is -0.990. The molecule has 0 spiro atoms. The first-order valence-electron chi connectivity index (χ1n) is 11.2. The van der Waals surface area contributed by atoms with Gasteiger partial charge in [0, 0.05) is 18.5 Å². The van der Waals surface area contributed by atoms with Gasteiger partial charge in [-0.1, -0.05) is 82.1 Å². The van der Waals surface area contributed by atoms with E-state index < -0.39 is 0 Å². The van der Waals surface area contributed by atoms with Crippen LogP contribution >= 0.6 is 23.2 Å². The van der Waals surface area contributed by atoms with E-state index in [1.807, 2.05) is 19.9 Å². The molecule has 0 bridgehead atoms. The van der Waals surface area contributed by atoms with Crippen molar-refractivity contribution < 1.29 is 0 Å². The average Bonchev–Trinajstić information content (AvgIpc) is 2.70. The standard InChI is InChI=1S/C22H30Cl2N2.C2H6/c1-3-14-26(4-2)20-15-18(16-10-8-6-5-7-9-11-16)17-12-13-19(23)21(24)22(17)25-20;1-2/h12-13,15-16H,3-11,14H2,1-2H3;1-2H3. The number of hydrogen-bond donors (Lipinski definition) is 0. The Bertz CT molecular complexity index is 737. The molecule has 1 saturated carbocycles. The molecule has 2 aromatic rings. The summed E-state index contributed by atoms with van der Waals surface area (Å²) in [6, 6.07) is 6.37. The van der Waals surface area contributed by atoms with Gasteiger partial charge in [-0.25, -0.2) is 4.98 Å². The van der Waals surface area contributed by atoms with Crippen LogP contribution in [0.25, 0.3) is 10.9 Å². The van der Waals surface area contributed by atoms with E-state index in [9.17, 15) is 0 Å². The number of aromatic nitrogens is 1. The fraction of sp³-hybridized carbons (Fsp3) is 0.625. The lowest BCUT2D eigenvalue weighted by molar-refractivity contribution is 0.457. The third kappa shape index (κ3) is 5.54. The van der Waals surface area contributed by atoms with Crippen LogP contribution in [0.15, 0.2) is 18.2 Å². The maximum Gasteiger partial charge on any atom is 0.129 e. The molecule has 0 radical (unpaired) electrons. The molecule has 1 aliphatic carbocycles. The highest BCUT2D eigenvalue weighted by Gasteiger charge is 2.20. The minimum atomic E-state index is 0.589. The summed E-state index contributed by atoms with van der Waals surface area (Å²) in [5.41, 5.74) is 2.28. The zero-order valence-electron chi connectivity index (χ0n) is 18.0. The minimum absolute atomic E-state index is 0.589. The molecule has 1 fully saturated rings. The summed E-state index contributed by atoms with van der Waals surface area (Å²) >= 11 is 12.9. The first-order chi connectivity index (χ1) is 13.7. The Kier molecular flexibility index (Phi) is 9.88. The normalized spacial score (nSPS) is 15.5. The van der Waals surface area contributed by atoms with Crippen molar-refractivity contribution in [2.24, 2.45) is 0 Å². The monoisotopic (exact) mass is 422 g/mol. The van der Waals surface area contributed by atoms with Gasteiger partial charge >= 0.3 is 0 Å². The van der Waals surface area contributed by atoms with Crippen molar-refractivity contribution >= 4 is 39.9 Å². The molecule has 1 heterocycles. The van der Waals surface area contributed by atoms with Crippen LogP contribution in [0.4, 0.5) is 5.82 Å². The summed E-state index contributed by atoms with van der Waals surface area (Å²) in [7, 11) is 0. The van der Waals surface area contributed by atoms with Crippen LogP contribution in [-0.2, 0) is 0 Å². The fourth-order valence-corrected chi connectivity index (χ4v) is 4.58. The number of rotatable bonds is 5. The van der Waals surface area contributed by atoms with Crippen molar-refractivity contribution in [1.82, 2.24) is 4.98 Å². The van der Waals surface area contributed by atoms with Gasteiger partial charge in [0.05, 0.1) is 15.6 Å². The fourth-order valence-electron chi connectivity index (χ4n) is 4.22. The summed E-state index contributed by atoms with van der Waals surface area (Å²) in [5.74, 6) is 1.64. The lowest BCUT2D eigenvalue weighted by atomic mass is 9.84. The highest BCUT2D eigenvalue weighted by molar-refractivity contribution is 6.45. The van der Waals surface area contributed by atoms with Gasteiger partial charge in [0.1, 0.15) is 5.82 Å². The highest BCUT2D eigenvalue weighted by Crippen LogP contribution is 2.39. The molecule has 4 heteroatoms. The molecule has 1 aromatic heterocycles. The first-order valence-corrected chi connectivity index (χ1v) is 11.9. The Morgan fingerprint density at radius 2 is 1.64 bits per heavy atom. The molecule has 2 nitrogen and oxygen atoms in total. The molecule has 156 valence electrons. The molecule has 1 aliphatic rings. The molecule has 0 N–H and O–H groups in total. The molecule has 0 atom stereocenters. The molecular formula is C24H36Cl2N2.